The molecule has 0 fully saturated rings. The number of benzene rings is 1. The second-order valence-electron chi connectivity index (χ2n) is 5.08. The van der Waals surface area contributed by atoms with Crippen molar-refractivity contribution in [3.63, 3.8) is 0 Å². The van der Waals surface area contributed by atoms with Gasteiger partial charge in [0.1, 0.15) is 0 Å². The second-order valence-corrected chi connectivity index (χ2v) is 5.08. The molecule has 1 aromatic rings. The van der Waals surface area contributed by atoms with Crippen molar-refractivity contribution in [3.05, 3.63) is 29.8 Å². The molecule has 7 heteroatoms. The number of carbonyl (C=O) groups excluding carboxylic acids is 2. The summed E-state index contributed by atoms with van der Waals surface area (Å²) in [7, 11) is 0. The molecule has 0 radical (unpaired) electrons. The van der Waals surface area contributed by atoms with Gasteiger partial charge in [-0.2, -0.15) is 0 Å². The minimum absolute atomic E-state index is 0. The summed E-state index contributed by atoms with van der Waals surface area (Å²) in [6.07, 6.45) is 1.77. The van der Waals surface area contributed by atoms with Gasteiger partial charge in [0.15, 0.2) is 0 Å². The number of halogens is 1. The van der Waals surface area contributed by atoms with E-state index in [0.29, 0.717) is 24.3 Å². The van der Waals surface area contributed by atoms with Gasteiger partial charge in [-0.15, -0.1) is 12.4 Å². The highest BCUT2D eigenvalue weighted by Crippen LogP contribution is 2.09. The van der Waals surface area contributed by atoms with E-state index in [1.54, 1.807) is 24.3 Å². The summed E-state index contributed by atoms with van der Waals surface area (Å²) in [6.45, 7) is 5.02. The van der Waals surface area contributed by atoms with Crippen LogP contribution in [0, 0.1) is 0 Å². The molecule has 0 unspecified atom stereocenters. The van der Waals surface area contributed by atoms with Crippen LogP contribution in [0.25, 0.3) is 0 Å². The molecule has 0 saturated heterocycles. The Morgan fingerprint density at radius 2 is 1.77 bits per heavy atom. The van der Waals surface area contributed by atoms with Gasteiger partial charge in [0.05, 0.1) is 0 Å². The van der Waals surface area contributed by atoms with Crippen molar-refractivity contribution in [1.82, 2.24) is 10.6 Å². The predicted octanol–water partition coefficient (Wildman–Crippen LogP) is 2.11. The number of urea groups is 1. The lowest BCUT2D eigenvalue weighted by atomic mass is 10.2. The Bertz CT molecular complexity index is 463. The van der Waals surface area contributed by atoms with Gasteiger partial charge in [0.25, 0.3) is 5.91 Å². The van der Waals surface area contributed by atoms with E-state index < -0.39 is 0 Å². The highest BCUT2D eigenvalue weighted by molar-refractivity contribution is 5.95. The monoisotopic (exact) mass is 328 g/mol. The van der Waals surface area contributed by atoms with Crippen molar-refractivity contribution in [1.29, 1.82) is 0 Å². The number of nitrogens with two attached hydrogens (primary N) is 1. The Morgan fingerprint density at radius 3 is 2.32 bits per heavy atom. The van der Waals surface area contributed by atoms with Gasteiger partial charge in [0, 0.05) is 23.8 Å². The van der Waals surface area contributed by atoms with Crippen molar-refractivity contribution in [2.45, 2.75) is 32.7 Å². The molecule has 3 amide bonds. The molecule has 0 spiro atoms. The van der Waals surface area contributed by atoms with E-state index in [2.05, 4.69) is 16.0 Å². The molecule has 0 saturated carbocycles. The number of hydrogen-bond acceptors (Lipinski definition) is 3. The maximum atomic E-state index is 11.8. The van der Waals surface area contributed by atoms with Crippen molar-refractivity contribution in [3.8, 4) is 0 Å². The minimum Gasteiger partial charge on any atom is -0.352 e. The molecular weight excluding hydrogens is 304 g/mol. The van der Waals surface area contributed by atoms with Crippen molar-refractivity contribution in [2.24, 2.45) is 5.73 Å². The van der Waals surface area contributed by atoms with Gasteiger partial charge >= 0.3 is 6.03 Å². The number of carbonyl (C=O) groups is 2. The third-order valence-corrected chi connectivity index (χ3v) is 2.74. The Morgan fingerprint density at radius 1 is 1.14 bits per heavy atom. The topological polar surface area (TPSA) is 96.2 Å². The molecule has 1 aromatic carbocycles. The zero-order valence-corrected chi connectivity index (χ0v) is 13.8. The van der Waals surface area contributed by atoms with Gasteiger partial charge in [-0.25, -0.2) is 4.79 Å². The molecule has 6 nitrogen and oxygen atoms in total. The Labute approximate surface area is 137 Å². The van der Waals surface area contributed by atoms with E-state index >= 15 is 0 Å². The van der Waals surface area contributed by atoms with Crippen LogP contribution in [0.1, 0.15) is 37.0 Å². The standard InChI is InChI=1S/C15H24N4O2.ClH/c1-11(2)18-15(21)19-13-7-5-12(6-8-13)14(20)17-10-4-3-9-16;/h5-8,11H,3-4,9-10,16H2,1-2H3,(H,17,20)(H2,18,19,21);1H. The van der Waals surface area contributed by atoms with Crippen LogP contribution in [-0.2, 0) is 0 Å². The molecule has 0 heterocycles. The summed E-state index contributed by atoms with van der Waals surface area (Å²) in [4.78, 5) is 23.4. The molecule has 1 rings (SSSR count). The molecule has 0 aromatic heterocycles. The SMILES string of the molecule is CC(C)NC(=O)Nc1ccc(C(=O)NCCCCN)cc1.Cl. The molecule has 0 aliphatic rings. The Kier molecular flexibility index (Phi) is 9.98. The van der Waals surface area contributed by atoms with Crippen molar-refractivity contribution >= 4 is 30.0 Å². The van der Waals surface area contributed by atoms with Crippen LogP contribution in [0.15, 0.2) is 24.3 Å². The first-order valence-electron chi connectivity index (χ1n) is 7.18. The molecule has 124 valence electrons. The highest BCUT2D eigenvalue weighted by atomic mass is 35.5. The second kappa shape index (κ2) is 10.9. The lowest BCUT2D eigenvalue weighted by Crippen LogP contribution is -2.34. The summed E-state index contributed by atoms with van der Waals surface area (Å²) >= 11 is 0. The van der Waals surface area contributed by atoms with Gasteiger partial charge in [-0.1, -0.05) is 0 Å². The normalized spacial score (nSPS) is 9.82. The third-order valence-electron chi connectivity index (χ3n) is 2.74. The molecule has 5 N–H and O–H groups in total. The van der Waals surface area contributed by atoms with Crippen LogP contribution in [0.3, 0.4) is 0 Å². The van der Waals surface area contributed by atoms with E-state index in [4.69, 9.17) is 5.73 Å². The quantitative estimate of drug-likeness (QED) is 0.577. The molecule has 0 bridgehead atoms. The summed E-state index contributed by atoms with van der Waals surface area (Å²) < 4.78 is 0. The van der Waals surface area contributed by atoms with Crippen LogP contribution in [0.2, 0.25) is 0 Å². The zero-order chi connectivity index (χ0) is 15.7. The molecule has 22 heavy (non-hydrogen) atoms. The van der Waals surface area contributed by atoms with Crippen LogP contribution in [0.5, 0.6) is 0 Å². The first-order valence-corrected chi connectivity index (χ1v) is 7.18. The highest BCUT2D eigenvalue weighted by Gasteiger charge is 2.06. The fraction of sp³-hybridized carbons (Fsp3) is 0.467. The Balaban J connectivity index is 0.00000441. The van der Waals surface area contributed by atoms with Gasteiger partial charge in [-0.3, -0.25) is 4.79 Å². The van der Waals surface area contributed by atoms with E-state index in [9.17, 15) is 9.59 Å². The molecule has 0 atom stereocenters. The predicted molar refractivity (Wildman–Crippen MR) is 91.6 cm³/mol. The third kappa shape index (κ3) is 7.85. The number of anilines is 1. The van der Waals surface area contributed by atoms with E-state index in [1.807, 2.05) is 13.8 Å². The van der Waals surface area contributed by atoms with E-state index in [0.717, 1.165) is 12.8 Å². The fourth-order valence-electron chi connectivity index (χ4n) is 1.71. The largest absolute Gasteiger partial charge is 0.352 e. The Hall–Kier alpha value is -1.79. The summed E-state index contributed by atoms with van der Waals surface area (Å²) in [5.74, 6) is -0.120. The lowest BCUT2D eigenvalue weighted by Gasteiger charge is -2.10. The lowest BCUT2D eigenvalue weighted by molar-refractivity contribution is 0.0953. The maximum Gasteiger partial charge on any atom is 0.319 e. The van der Waals surface area contributed by atoms with E-state index in [1.165, 1.54) is 0 Å². The average Bonchev–Trinajstić information content (AvgIpc) is 2.43. The van der Waals surface area contributed by atoms with E-state index in [-0.39, 0.29) is 30.4 Å². The van der Waals surface area contributed by atoms with Crippen LogP contribution in [-0.4, -0.2) is 31.1 Å². The number of unbranched alkanes of at least 4 members (excludes halogenated alkanes) is 1. The summed E-state index contributed by atoms with van der Waals surface area (Å²) in [6, 6.07) is 6.59. The molecular formula is C15H25ClN4O2. The molecule has 0 aliphatic carbocycles. The van der Waals surface area contributed by atoms with Gasteiger partial charge in [-0.05, 0) is 57.5 Å². The maximum absolute atomic E-state index is 11.8. The van der Waals surface area contributed by atoms with Crippen LogP contribution < -0.4 is 21.7 Å². The minimum atomic E-state index is -0.260. The average molecular weight is 329 g/mol. The van der Waals surface area contributed by atoms with Crippen LogP contribution in [0.4, 0.5) is 10.5 Å². The van der Waals surface area contributed by atoms with Crippen molar-refractivity contribution in [2.75, 3.05) is 18.4 Å². The van der Waals surface area contributed by atoms with Gasteiger partial charge in [0.2, 0.25) is 0 Å². The summed E-state index contributed by atoms with van der Waals surface area (Å²) in [5.41, 5.74) is 6.60. The first kappa shape index (κ1) is 20.2. The molecule has 0 aliphatic heterocycles. The van der Waals surface area contributed by atoms with Gasteiger partial charge < -0.3 is 21.7 Å². The summed E-state index contributed by atoms with van der Waals surface area (Å²) in [5, 5.41) is 8.26. The van der Waals surface area contributed by atoms with Crippen LogP contribution >= 0.6 is 12.4 Å². The number of rotatable bonds is 7. The van der Waals surface area contributed by atoms with Crippen molar-refractivity contribution < 1.29 is 9.59 Å². The number of nitrogens with one attached hydrogen (secondary N) is 3. The number of hydrogen-bond donors (Lipinski definition) is 4. The first-order chi connectivity index (χ1) is 10.0. The smallest absolute Gasteiger partial charge is 0.319 e. The fourth-order valence-corrected chi connectivity index (χ4v) is 1.71. The number of amides is 3. The zero-order valence-electron chi connectivity index (χ0n) is 13.0.